The van der Waals surface area contributed by atoms with Gasteiger partial charge in [-0.2, -0.15) is 13.2 Å². The molecule has 0 unspecified atom stereocenters. The van der Waals surface area contributed by atoms with Crippen molar-refractivity contribution in [1.82, 2.24) is 19.9 Å². The average Bonchev–Trinajstić information content (AvgIpc) is 2.89. The summed E-state index contributed by atoms with van der Waals surface area (Å²) < 4.78 is 44.4. The fourth-order valence-corrected chi connectivity index (χ4v) is 1.89. The fourth-order valence-electron chi connectivity index (χ4n) is 1.89. The maximum atomic E-state index is 12.9. The Hall–Kier alpha value is -2.36. The van der Waals surface area contributed by atoms with Gasteiger partial charge in [-0.15, -0.1) is 0 Å². The van der Waals surface area contributed by atoms with Crippen molar-refractivity contribution >= 4 is 11.6 Å². The van der Waals surface area contributed by atoms with E-state index in [0.29, 0.717) is 0 Å². The minimum absolute atomic E-state index is 0.00237. The lowest BCUT2D eigenvalue weighted by Gasteiger charge is -2.28. The number of hydrogen-bond donors (Lipinski definition) is 2. The standard InChI is InChI=1S/C14H17F3N4O3/c1-4-24-12(23)9-7-19-21-10(22)5-8(20-11(9)21)6-18-13(2,3)14(15,16)17/h5,7,18-19H,4,6H2,1-3H3. The molecule has 0 atom stereocenters. The summed E-state index contributed by atoms with van der Waals surface area (Å²) in [6.45, 7) is 3.45. The molecule has 0 aromatic carbocycles. The Bertz CT molecular complexity index is 808. The van der Waals surface area contributed by atoms with E-state index in [1.165, 1.54) is 6.20 Å². The molecule has 7 nitrogen and oxygen atoms in total. The second kappa shape index (κ2) is 6.27. The first kappa shape index (κ1) is 18.0. The van der Waals surface area contributed by atoms with Crippen LogP contribution in [-0.4, -0.2) is 38.9 Å². The highest BCUT2D eigenvalue weighted by Gasteiger charge is 2.46. The lowest BCUT2D eigenvalue weighted by molar-refractivity contribution is -0.186. The van der Waals surface area contributed by atoms with E-state index in [4.69, 9.17) is 4.74 Å². The molecule has 2 N–H and O–H groups in total. The molecule has 0 saturated heterocycles. The molecule has 0 aliphatic heterocycles. The number of esters is 1. The topological polar surface area (TPSA) is 88.5 Å². The number of nitrogens with one attached hydrogen (secondary N) is 2. The first-order valence-corrected chi connectivity index (χ1v) is 7.15. The van der Waals surface area contributed by atoms with E-state index in [1.54, 1.807) is 6.92 Å². The van der Waals surface area contributed by atoms with Crippen LogP contribution in [0.4, 0.5) is 13.2 Å². The van der Waals surface area contributed by atoms with Gasteiger partial charge >= 0.3 is 12.1 Å². The summed E-state index contributed by atoms with van der Waals surface area (Å²) in [6.07, 6.45) is -3.20. The van der Waals surface area contributed by atoms with E-state index in [1.807, 2.05) is 0 Å². The SMILES string of the molecule is CCOC(=O)c1c[nH]n2c(=O)cc(CNC(C)(C)C(F)(F)F)nc12. The quantitative estimate of drug-likeness (QED) is 0.804. The second-order valence-corrected chi connectivity index (χ2v) is 5.63. The highest BCUT2D eigenvalue weighted by Crippen LogP contribution is 2.29. The Kier molecular flexibility index (Phi) is 4.70. The Balaban J connectivity index is 2.34. The van der Waals surface area contributed by atoms with E-state index >= 15 is 0 Å². The number of carbonyl (C=O) groups excluding carboxylic acids is 1. The maximum Gasteiger partial charge on any atom is 0.406 e. The van der Waals surface area contributed by atoms with Crippen molar-refractivity contribution in [1.29, 1.82) is 0 Å². The minimum atomic E-state index is -4.46. The van der Waals surface area contributed by atoms with Crippen LogP contribution >= 0.6 is 0 Å². The van der Waals surface area contributed by atoms with Gasteiger partial charge in [0, 0.05) is 18.8 Å². The highest BCUT2D eigenvalue weighted by molar-refractivity contribution is 5.95. The Morgan fingerprint density at radius 1 is 1.42 bits per heavy atom. The van der Waals surface area contributed by atoms with E-state index in [0.717, 1.165) is 24.4 Å². The van der Waals surface area contributed by atoms with Gasteiger partial charge in [0.1, 0.15) is 11.1 Å². The van der Waals surface area contributed by atoms with E-state index in [2.05, 4.69) is 15.4 Å². The molecule has 0 spiro atoms. The van der Waals surface area contributed by atoms with Crippen LogP contribution in [0.3, 0.4) is 0 Å². The number of hydrogen-bond acceptors (Lipinski definition) is 5. The third kappa shape index (κ3) is 3.42. The van der Waals surface area contributed by atoms with Crippen molar-refractivity contribution in [3.8, 4) is 0 Å². The Morgan fingerprint density at radius 3 is 2.67 bits per heavy atom. The lowest BCUT2D eigenvalue weighted by atomic mass is 10.1. The normalized spacial score (nSPS) is 12.6. The average molecular weight is 346 g/mol. The fraction of sp³-hybridized carbons (Fsp3) is 0.500. The highest BCUT2D eigenvalue weighted by atomic mass is 19.4. The van der Waals surface area contributed by atoms with Crippen LogP contribution in [0.5, 0.6) is 0 Å². The molecule has 0 bridgehead atoms. The van der Waals surface area contributed by atoms with Gasteiger partial charge in [0.25, 0.3) is 5.56 Å². The third-order valence-corrected chi connectivity index (χ3v) is 3.47. The lowest BCUT2D eigenvalue weighted by Crippen LogP contribution is -2.51. The summed E-state index contributed by atoms with van der Waals surface area (Å²) in [5.74, 6) is -0.677. The number of aromatic amines is 1. The summed E-state index contributed by atoms with van der Waals surface area (Å²) in [4.78, 5) is 27.9. The third-order valence-electron chi connectivity index (χ3n) is 3.47. The summed E-state index contributed by atoms with van der Waals surface area (Å²) in [6, 6.07) is 1.10. The first-order valence-electron chi connectivity index (χ1n) is 7.15. The van der Waals surface area contributed by atoms with Crippen LogP contribution in [0.1, 0.15) is 36.8 Å². The van der Waals surface area contributed by atoms with Gasteiger partial charge in [0.05, 0.1) is 12.3 Å². The second-order valence-electron chi connectivity index (χ2n) is 5.63. The number of carbonyl (C=O) groups is 1. The molecule has 132 valence electrons. The smallest absolute Gasteiger partial charge is 0.406 e. The molecule has 0 amide bonds. The molecule has 0 radical (unpaired) electrons. The van der Waals surface area contributed by atoms with Crippen molar-refractivity contribution in [3.63, 3.8) is 0 Å². The maximum absolute atomic E-state index is 12.9. The monoisotopic (exact) mass is 346 g/mol. The van der Waals surface area contributed by atoms with Gasteiger partial charge in [0.2, 0.25) is 0 Å². The van der Waals surface area contributed by atoms with Gasteiger partial charge < -0.3 is 4.74 Å². The summed E-state index contributed by atoms with van der Waals surface area (Å²) in [7, 11) is 0. The number of aromatic nitrogens is 3. The summed E-state index contributed by atoms with van der Waals surface area (Å²) >= 11 is 0. The van der Waals surface area contributed by atoms with Crippen molar-refractivity contribution in [3.05, 3.63) is 33.9 Å². The molecule has 0 saturated carbocycles. The molecule has 2 aromatic heterocycles. The zero-order valence-electron chi connectivity index (χ0n) is 13.3. The number of alkyl halides is 3. The van der Waals surface area contributed by atoms with Gasteiger partial charge in [0.15, 0.2) is 5.65 Å². The van der Waals surface area contributed by atoms with E-state index in [9.17, 15) is 22.8 Å². The Morgan fingerprint density at radius 2 is 2.08 bits per heavy atom. The number of H-pyrrole nitrogens is 1. The van der Waals surface area contributed by atoms with Crippen LogP contribution in [0.2, 0.25) is 0 Å². The van der Waals surface area contributed by atoms with Crippen LogP contribution in [0.15, 0.2) is 17.1 Å². The first-order chi connectivity index (χ1) is 11.1. The van der Waals surface area contributed by atoms with Crippen molar-refractivity contribution in [2.45, 2.75) is 39.0 Å². The largest absolute Gasteiger partial charge is 0.462 e. The molecule has 10 heteroatoms. The number of ether oxygens (including phenoxy) is 1. The van der Waals surface area contributed by atoms with Crippen molar-refractivity contribution < 1.29 is 22.7 Å². The van der Waals surface area contributed by atoms with Crippen LogP contribution in [-0.2, 0) is 11.3 Å². The predicted octanol–water partition coefficient (Wildman–Crippen LogP) is 1.63. The number of halogens is 3. The number of rotatable bonds is 5. The molecule has 2 rings (SSSR count). The van der Waals surface area contributed by atoms with Crippen molar-refractivity contribution in [2.24, 2.45) is 0 Å². The van der Waals surface area contributed by atoms with Crippen molar-refractivity contribution in [2.75, 3.05) is 6.61 Å². The van der Waals surface area contributed by atoms with Crippen LogP contribution in [0.25, 0.3) is 5.65 Å². The van der Waals surface area contributed by atoms with Crippen LogP contribution < -0.4 is 10.9 Å². The molecule has 0 aliphatic carbocycles. The molecular weight excluding hydrogens is 329 g/mol. The summed E-state index contributed by atoms with van der Waals surface area (Å²) in [5, 5.41) is 4.87. The van der Waals surface area contributed by atoms with E-state index < -0.39 is 23.2 Å². The van der Waals surface area contributed by atoms with Gasteiger partial charge in [-0.1, -0.05) is 0 Å². The van der Waals surface area contributed by atoms with Gasteiger partial charge in [-0.05, 0) is 20.8 Å². The number of nitrogens with zero attached hydrogens (tertiary/aromatic N) is 2. The molecule has 2 heterocycles. The van der Waals surface area contributed by atoms with Gasteiger partial charge in [-0.3, -0.25) is 15.2 Å². The molecule has 0 aliphatic rings. The molecule has 0 fully saturated rings. The Labute approximate surface area is 134 Å². The zero-order chi connectivity index (χ0) is 18.1. The molecule has 24 heavy (non-hydrogen) atoms. The molecular formula is C14H17F3N4O3. The summed E-state index contributed by atoms with van der Waals surface area (Å²) in [5.41, 5.74) is -2.57. The molecule has 2 aromatic rings. The predicted molar refractivity (Wildman–Crippen MR) is 78.7 cm³/mol. The van der Waals surface area contributed by atoms with Gasteiger partial charge in [-0.25, -0.2) is 14.3 Å². The number of fused-ring (bicyclic) bond motifs is 1. The van der Waals surface area contributed by atoms with Crippen LogP contribution in [0, 0.1) is 0 Å². The minimum Gasteiger partial charge on any atom is -0.462 e. The van der Waals surface area contributed by atoms with E-state index in [-0.39, 0.29) is 30.1 Å². The zero-order valence-corrected chi connectivity index (χ0v) is 13.3.